The molecule has 2 aromatic rings. The lowest BCUT2D eigenvalue weighted by Crippen LogP contribution is -2.12. The standard InChI is InChI=1S/C14H12BrFN2O/c1-8-6-9(2-5-13(8)17)14(19)18-10-3-4-12(16)11(15)7-10/h2-7H,17H2,1H3,(H,18,19). The molecule has 3 nitrogen and oxygen atoms in total. The monoisotopic (exact) mass is 322 g/mol. The molecule has 0 aliphatic heterocycles. The summed E-state index contributed by atoms with van der Waals surface area (Å²) in [5, 5.41) is 2.70. The fraction of sp³-hybridized carbons (Fsp3) is 0.0714. The van der Waals surface area contributed by atoms with Crippen LogP contribution in [-0.2, 0) is 0 Å². The van der Waals surface area contributed by atoms with E-state index in [0.717, 1.165) is 5.56 Å². The van der Waals surface area contributed by atoms with E-state index in [1.807, 2.05) is 6.92 Å². The third kappa shape index (κ3) is 3.12. The van der Waals surface area contributed by atoms with Crippen molar-refractivity contribution in [3.8, 4) is 0 Å². The van der Waals surface area contributed by atoms with Gasteiger partial charge in [-0.05, 0) is 64.8 Å². The minimum Gasteiger partial charge on any atom is -0.399 e. The number of amides is 1. The molecule has 0 saturated heterocycles. The molecule has 0 unspecified atom stereocenters. The van der Waals surface area contributed by atoms with Gasteiger partial charge in [0, 0.05) is 16.9 Å². The lowest BCUT2D eigenvalue weighted by Gasteiger charge is -2.07. The number of rotatable bonds is 2. The molecule has 0 aliphatic rings. The third-order valence-corrected chi connectivity index (χ3v) is 3.32. The smallest absolute Gasteiger partial charge is 0.255 e. The Morgan fingerprint density at radius 2 is 2.00 bits per heavy atom. The zero-order valence-electron chi connectivity index (χ0n) is 10.2. The second kappa shape index (κ2) is 5.40. The van der Waals surface area contributed by atoms with E-state index >= 15 is 0 Å². The van der Waals surface area contributed by atoms with Crippen LogP contribution < -0.4 is 11.1 Å². The maximum Gasteiger partial charge on any atom is 0.255 e. The van der Waals surface area contributed by atoms with Crippen molar-refractivity contribution in [2.24, 2.45) is 0 Å². The molecule has 0 spiro atoms. The summed E-state index contributed by atoms with van der Waals surface area (Å²) in [6, 6.07) is 9.35. The van der Waals surface area contributed by atoms with Crippen LogP contribution in [0, 0.1) is 12.7 Å². The molecular formula is C14H12BrFN2O. The van der Waals surface area contributed by atoms with E-state index in [4.69, 9.17) is 5.73 Å². The molecule has 0 atom stereocenters. The van der Waals surface area contributed by atoms with E-state index in [0.29, 0.717) is 21.4 Å². The minimum absolute atomic E-state index is 0.262. The van der Waals surface area contributed by atoms with Gasteiger partial charge in [0.25, 0.3) is 5.91 Å². The summed E-state index contributed by atoms with van der Waals surface area (Å²) < 4.78 is 13.4. The lowest BCUT2D eigenvalue weighted by atomic mass is 10.1. The Hall–Kier alpha value is -1.88. The number of carbonyl (C=O) groups excluding carboxylic acids is 1. The summed E-state index contributed by atoms with van der Waals surface area (Å²) in [6.07, 6.45) is 0. The van der Waals surface area contributed by atoms with Crippen LogP contribution in [0.25, 0.3) is 0 Å². The van der Waals surface area contributed by atoms with Crippen molar-refractivity contribution in [2.75, 3.05) is 11.1 Å². The van der Waals surface area contributed by atoms with Gasteiger partial charge in [-0.2, -0.15) is 0 Å². The molecule has 0 aliphatic carbocycles. The predicted octanol–water partition coefficient (Wildman–Crippen LogP) is 3.73. The van der Waals surface area contributed by atoms with Crippen LogP contribution in [0.1, 0.15) is 15.9 Å². The van der Waals surface area contributed by atoms with E-state index in [9.17, 15) is 9.18 Å². The van der Waals surface area contributed by atoms with Crippen LogP contribution in [0.4, 0.5) is 15.8 Å². The average molecular weight is 323 g/mol. The first kappa shape index (κ1) is 13.5. The van der Waals surface area contributed by atoms with Crippen molar-refractivity contribution >= 4 is 33.2 Å². The first-order chi connectivity index (χ1) is 8.97. The van der Waals surface area contributed by atoms with Gasteiger partial charge in [-0.25, -0.2) is 4.39 Å². The van der Waals surface area contributed by atoms with Crippen molar-refractivity contribution in [1.29, 1.82) is 0 Å². The number of nitrogens with one attached hydrogen (secondary N) is 1. The molecular weight excluding hydrogens is 311 g/mol. The van der Waals surface area contributed by atoms with Gasteiger partial charge < -0.3 is 11.1 Å². The van der Waals surface area contributed by atoms with E-state index < -0.39 is 0 Å². The van der Waals surface area contributed by atoms with Crippen LogP contribution >= 0.6 is 15.9 Å². The van der Waals surface area contributed by atoms with E-state index in [-0.39, 0.29) is 11.7 Å². The quantitative estimate of drug-likeness (QED) is 0.828. The predicted molar refractivity (Wildman–Crippen MR) is 77.6 cm³/mol. The van der Waals surface area contributed by atoms with Crippen LogP contribution in [0.2, 0.25) is 0 Å². The summed E-state index contributed by atoms with van der Waals surface area (Å²) in [4.78, 5) is 12.0. The van der Waals surface area contributed by atoms with Crippen LogP contribution in [0.5, 0.6) is 0 Å². The number of nitrogens with two attached hydrogens (primary N) is 1. The van der Waals surface area contributed by atoms with Gasteiger partial charge >= 0.3 is 0 Å². The Balaban J connectivity index is 2.20. The maximum absolute atomic E-state index is 13.1. The summed E-state index contributed by atoms with van der Waals surface area (Å²) in [6.45, 7) is 1.83. The summed E-state index contributed by atoms with van der Waals surface area (Å²) in [5.74, 6) is -0.636. The zero-order valence-corrected chi connectivity index (χ0v) is 11.8. The molecule has 19 heavy (non-hydrogen) atoms. The van der Waals surface area contributed by atoms with Gasteiger partial charge in [0.2, 0.25) is 0 Å². The summed E-state index contributed by atoms with van der Waals surface area (Å²) >= 11 is 3.07. The molecule has 98 valence electrons. The van der Waals surface area contributed by atoms with Crippen LogP contribution in [0.15, 0.2) is 40.9 Å². The fourth-order valence-electron chi connectivity index (χ4n) is 1.59. The number of hydrogen-bond acceptors (Lipinski definition) is 2. The molecule has 0 aromatic heterocycles. The molecule has 2 rings (SSSR count). The Bertz CT molecular complexity index is 643. The molecule has 3 N–H and O–H groups in total. The van der Waals surface area contributed by atoms with Crippen molar-refractivity contribution in [1.82, 2.24) is 0 Å². The SMILES string of the molecule is Cc1cc(C(=O)Nc2ccc(F)c(Br)c2)ccc1N. The Kier molecular flexibility index (Phi) is 3.85. The molecule has 5 heteroatoms. The fourth-order valence-corrected chi connectivity index (χ4v) is 1.97. The van der Waals surface area contributed by atoms with E-state index in [1.54, 1.807) is 18.2 Å². The summed E-state index contributed by atoms with van der Waals surface area (Å²) in [7, 11) is 0. The van der Waals surface area contributed by atoms with Crippen molar-refractivity contribution in [3.63, 3.8) is 0 Å². The molecule has 0 radical (unpaired) electrons. The number of carbonyl (C=O) groups is 1. The topological polar surface area (TPSA) is 55.1 Å². The van der Waals surface area contributed by atoms with Crippen molar-refractivity contribution in [2.45, 2.75) is 6.92 Å². The Morgan fingerprint density at radius 3 is 2.63 bits per heavy atom. The summed E-state index contributed by atoms with van der Waals surface area (Å²) in [5.41, 5.74) is 8.21. The number of hydrogen-bond donors (Lipinski definition) is 2. The van der Waals surface area contributed by atoms with Crippen LogP contribution in [0.3, 0.4) is 0 Å². The van der Waals surface area contributed by atoms with Gasteiger partial charge in [0.1, 0.15) is 5.82 Å². The molecule has 0 bridgehead atoms. The molecule has 0 heterocycles. The highest BCUT2D eigenvalue weighted by Crippen LogP contribution is 2.21. The first-order valence-corrected chi connectivity index (χ1v) is 6.39. The van der Waals surface area contributed by atoms with Gasteiger partial charge in [-0.15, -0.1) is 0 Å². The largest absolute Gasteiger partial charge is 0.399 e. The first-order valence-electron chi connectivity index (χ1n) is 5.60. The normalized spacial score (nSPS) is 10.3. The highest BCUT2D eigenvalue weighted by Gasteiger charge is 2.08. The van der Waals surface area contributed by atoms with Crippen LogP contribution in [-0.4, -0.2) is 5.91 Å². The number of benzene rings is 2. The van der Waals surface area contributed by atoms with Gasteiger partial charge in [0.15, 0.2) is 0 Å². The minimum atomic E-state index is -0.374. The highest BCUT2D eigenvalue weighted by atomic mass is 79.9. The number of halogens is 2. The highest BCUT2D eigenvalue weighted by molar-refractivity contribution is 9.10. The average Bonchev–Trinajstić information content (AvgIpc) is 2.37. The Labute approximate surface area is 118 Å². The van der Waals surface area contributed by atoms with E-state index in [1.165, 1.54) is 18.2 Å². The second-order valence-corrected chi connectivity index (χ2v) is 5.01. The maximum atomic E-state index is 13.1. The number of anilines is 2. The molecule has 0 saturated carbocycles. The van der Waals surface area contributed by atoms with Gasteiger partial charge in [-0.1, -0.05) is 0 Å². The van der Waals surface area contributed by atoms with Crippen molar-refractivity contribution in [3.05, 3.63) is 57.8 Å². The van der Waals surface area contributed by atoms with Gasteiger partial charge in [0.05, 0.1) is 4.47 Å². The Morgan fingerprint density at radius 1 is 1.26 bits per heavy atom. The lowest BCUT2D eigenvalue weighted by molar-refractivity contribution is 0.102. The van der Waals surface area contributed by atoms with E-state index in [2.05, 4.69) is 21.2 Å². The molecule has 2 aromatic carbocycles. The number of nitrogen functional groups attached to an aromatic ring is 1. The van der Waals surface area contributed by atoms with Gasteiger partial charge in [-0.3, -0.25) is 4.79 Å². The second-order valence-electron chi connectivity index (χ2n) is 4.15. The number of aryl methyl sites for hydroxylation is 1. The molecule has 1 amide bonds. The molecule has 0 fully saturated rings. The van der Waals surface area contributed by atoms with Crippen molar-refractivity contribution < 1.29 is 9.18 Å². The zero-order chi connectivity index (χ0) is 14.0. The third-order valence-electron chi connectivity index (χ3n) is 2.71.